The van der Waals surface area contributed by atoms with E-state index in [0.29, 0.717) is 29.9 Å². The van der Waals surface area contributed by atoms with Gasteiger partial charge in [-0.25, -0.2) is 4.98 Å². The Morgan fingerprint density at radius 2 is 1.95 bits per heavy atom. The maximum Gasteiger partial charge on any atom is 0.242 e. The summed E-state index contributed by atoms with van der Waals surface area (Å²) < 4.78 is 5.57. The minimum absolute atomic E-state index is 0.279. The Hall–Kier alpha value is -1.52. The van der Waals surface area contributed by atoms with E-state index in [1.165, 1.54) is 19.3 Å². The number of nitrogens with zero attached hydrogens (tertiary/aromatic N) is 2. The number of ether oxygens (including phenoxy) is 1. The molecule has 0 aromatic carbocycles. The third-order valence-electron chi connectivity index (χ3n) is 3.60. The average molecular weight is 278 g/mol. The highest BCUT2D eigenvalue weighted by Gasteiger charge is 2.22. The predicted octanol–water partition coefficient (Wildman–Crippen LogP) is 3.33. The molecule has 112 valence electrons. The molecule has 3 N–H and O–H groups in total. The van der Waals surface area contributed by atoms with E-state index in [0.717, 1.165) is 18.7 Å². The van der Waals surface area contributed by atoms with Gasteiger partial charge in [0.15, 0.2) is 5.82 Å². The van der Waals surface area contributed by atoms with Gasteiger partial charge in [0.05, 0.1) is 6.61 Å². The quantitative estimate of drug-likeness (QED) is 0.864. The molecule has 0 radical (unpaired) electrons. The average Bonchev–Trinajstić information content (AvgIpc) is 2.44. The summed E-state index contributed by atoms with van der Waals surface area (Å²) in [6, 6.07) is 0.279. The van der Waals surface area contributed by atoms with Crippen LogP contribution in [0.25, 0.3) is 0 Å². The summed E-state index contributed by atoms with van der Waals surface area (Å²) in [5, 5.41) is 3.30. The zero-order valence-electron chi connectivity index (χ0n) is 12.8. The lowest BCUT2D eigenvalue weighted by molar-refractivity contribution is 0.324. The lowest BCUT2D eigenvalue weighted by Gasteiger charge is -2.22. The van der Waals surface area contributed by atoms with Crippen LogP contribution in [0.5, 0.6) is 5.88 Å². The fourth-order valence-corrected chi connectivity index (χ4v) is 2.64. The summed E-state index contributed by atoms with van der Waals surface area (Å²) in [4.78, 5) is 9.21. The molecule has 0 saturated heterocycles. The van der Waals surface area contributed by atoms with Gasteiger partial charge in [-0.05, 0) is 33.6 Å². The minimum atomic E-state index is 0.279. The standard InChI is InChI=1S/C15H26N4O/c1-4-20-15-12(16)14(17-10(2)3)18-13(19-15)11-8-6-5-7-9-11/h10-11H,4-9,16H2,1-3H3,(H,17,18,19). The monoisotopic (exact) mass is 278 g/mol. The van der Waals surface area contributed by atoms with Crippen LogP contribution in [0.1, 0.15) is 64.6 Å². The number of hydrogen-bond acceptors (Lipinski definition) is 5. The van der Waals surface area contributed by atoms with Crippen LogP contribution in [0.4, 0.5) is 11.5 Å². The zero-order valence-corrected chi connectivity index (χ0v) is 12.8. The summed E-state index contributed by atoms with van der Waals surface area (Å²) in [5.74, 6) is 2.55. The van der Waals surface area contributed by atoms with Gasteiger partial charge in [0, 0.05) is 12.0 Å². The second kappa shape index (κ2) is 6.77. The van der Waals surface area contributed by atoms with Gasteiger partial charge < -0.3 is 15.8 Å². The van der Waals surface area contributed by atoms with Gasteiger partial charge in [0.2, 0.25) is 5.88 Å². The van der Waals surface area contributed by atoms with E-state index in [4.69, 9.17) is 10.5 Å². The van der Waals surface area contributed by atoms with E-state index in [1.54, 1.807) is 0 Å². The van der Waals surface area contributed by atoms with Crippen molar-refractivity contribution in [3.05, 3.63) is 5.82 Å². The van der Waals surface area contributed by atoms with Crippen LogP contribution in [0.3, 0.4) is 0 Å². The first-order valence-corrected chi connectivity index (χ1v) is 7.68. The number of anilines is 2. The summed E-state index contributed by atoms with van der Waals surface area (Å²) in [7, 11) is 0. The van der Waals surface area contributed by atoms with Crippen molar-refractivity contribution in [2.45, 2.75) is 64.8 Å². The highest BCUT2D eigenvalue weighted by atomic mass is 16.5. The Labute approximate surface area is 121 Å². The lowest BCUT2D eigenvalue weighted by Crippen LogP contribution is -2.17. The Morgan fingerprint density at radius 1 is 1.25 bits per heavy atom. The van der Waals surface area contributed by atoms with Crippen LogP contribution in [0.15, 0.2) is 0 Å². The number of aromatic nitrogens is 2. The van der Waals surface area contributed by atoms with E-state index >= 15 is 0 Å². The van der Waals surface area contributed by atoms with Crippen LogP contribution in [-0.2, 0) is 0 Å². The minimum Gasteiger partial charge on any atom is -0.476 e. The maximum absolute atomic E-state index is 6.10. The topological polar surface area (TPSA) is 73.1 Å². The molecule has 5 heteroatoms. The van der Waals surface area contributed by atoms with Crippen LogP contribution in [0, 0.1) is 0 Å². The molecular weight excluding hydrogens is 252 g/mol. The molecule has 0 bridgehead atoms. The van der Waals surface area contributed by atoms with E-state index in [2.05, 4.69) is 29.1 Å². The van der Waals surface area contributed by atoms with Crippen LogP contribution < -0.4 is 15.8 Å². The summed E-state index contributed by atoms with van der Waals surface area (Å²) >= 11 is 0. The Balaban J connectivity index is 2.32. The van der Waals surface area contributed by atoms with Gasteiger partial charge in [0.25, 0.3) is 0 Å². The maximum atomic E-state index is 6.10. The number of hydrogen-bond donors (Lipinski definition) is 2. The van der Waals surface area contributed by atoms with Crippen LogP contribution in [0.2, 0.25) is 0 Å². The Kier molecular flexibility index (Phi) is 5.04. The molecule has 1 aromatic rings. The number of nitrogen functional groups attached to an aromatic ring is 1. The van der Waals surface area contributed by atoms with Crippen molar-refractivity contribution in [1.82, 2.24) is 9.97 Å². The van der Waals surface area contributed by atoms with E-state index < -0.39 is 0 Å². The molecular formula is C15H26N4O. The first-order valence-electron chi connectivity index (χ1n) is 7.68. The summed E-state index contributed by atoms with van der Waals surface area (Å²) in [5.41, 5.74) is 6.62. The van der Waals surface area contributed by atoms with Gasteiger partial charge in [-0.1, -0.05) is 19.3 Å². The van der Waals surface area contributed by atoms with Gasteiger partial charge in [-0.15, -0.1) is 0 Å². The van der Waals surface area contributed by atoms with Crippen LogP contribution in [-0.4, -0.2) is 22.6 Å². The molecule has 1 fully saturated rings. The van der Waals surface area contributed by atoms with Gasteiger partial charge >= 0.3 is 0 Å². The molecule has 1 aromatic heterocycles. The third kappa shape index (κ3) is 3.52. The summed E-state index contributed by atoms with van der Waals surface area (Å²) in [6.07, 6.45) is 6.17. The molecule has 0 spiro atoms. The fourth-order valence-electron chi connectivity index (χ4n) is 2.64. The molecule has 1 aliphatic carbocycles. The highest BCUT2D eigenvalue weighted by molar-refractivity contribution is 5.67. The van der Waals surface area contributed by atoms with E-state index in [1.807, 2.05) is 6.92 Å². The van der Waals surface area contributed by atoms with E-state index in [9.17, 15) is 0 Å². The highest BCUT2D eigenvalue weighted by Crippen LogP contribution is 2.35. The Bertz CT molecular complexity index is 442. The van der Waals surface area contributed by atoms with Crippen LogP contribution >= 0.6 is 0 Å². The zero-order chi connectivity index (χ0) is 14.5. The van der Waals surface area contributed by atoms with Crippen molar-refractivity contribution in [3.8, 4) is 5.88 Å². The largest absolute Gasteiger partial charge is 0.476 e. The fraction of sp³-hybridized carbons (Fsp3) is 0.733. The molecule has 0 aliphatic heterocycles. The second-order valence-corrected chi connectivity index (χ2v) is 5.72. The molecule has 0 unspecified atom stereocenters. The van der Waals surface area contributed by atoms with Crippen molar-refractivity contribution in [3.63, 3.8) is 0 Å². The first kappa shape index (κ1) is 14.9. The molecule has 2 rings (SSSR count). The third-order valence-corrected chi connectivity index (χ3v) is 3.60. The van der Waals surface area contributed by atoms with Crippen molar-refractivity contribution >= 4 is 11.5 Å². The number of nitrogens with two attached hydrogens (primary N) is 1. The van der Waals surface area contributed by atoms with Crippen molar-refractivity contribution in [2.24, 2.45) is 0 Å². The molecule has 0 atom stereocenters. The molecule has 0 amide bonds. The number of nitrogens with one attached hydrogen (secondary N) is 1. The SMILES string of the molecule is CCOc1nc(C2CCCCC2)nc(NC(C)C)c1N. The van der Waals surface area contributed by atoms with Crippen molar-refractivity contribution in [1.29, 1.82) is 0 Å². The van der Waals surface area contributed by atoms with Crippen molar-refractivity contribution < 1.29 is 4.74 Å². The second-order valence-electron chi connectivity index (χ2n) is 5.72. The lowest BCUT2D eigenvalue weighted by atomic mass is 9.88. The normalized spacial score (nSPS) is 16.4. The van der Waals surface area contributed by atoms with Gasteiger partial charge in [0.1, 0.15) is 11.5 Å². The summed E-state index contributed by atoms with van der Waals surface area (Å²) in [6.45, 7) is 6.65. The first-order chi connectivity index (χ1) is 9.61. The smallest absolute Gasteiger partial charge is 0.242 e. The predicted molar refractivity (Wildman–Crippen MR) is 82.2 cm³/mol. The Morgan fingerprint density at radius 3 is 2.55 bits per heavy atom. The molecule has 1 saturated carbocycles. The van der Waals surface area contributed by atoms with Gasteiger partial charge in [-0.2, -0.15) is 4.98 Å². The van der Waals surface area contributed by atoms with E-state index in [-0.39, 0.29) is 6.04 Å². The number of rotatable bonds is 5. The molecule has 5 nitrogen and oxygen atoms in total. The molecule has 1 aliphatic rings. The van der Waals surface area contributed by atoms with Crippen molar-refractivity contribution in [2.75, 3.05) is 17.7 Å². The molecule has 1 heterocycles. The molecule has 20 heavy (non-hydrogen) atoms. The van der Waals surface area contributed by atoms with Gasteiger partial charge in [-0.3, -0.25) is 0 Å².